The van der Waals surface area contributed by atoms with Gasteiger partial charge in [0.25, 0.3) is 0 Å². The van der Waals surface area contributed by atoms with Crippen LogP contribution in [0.5, 0.6) is 0 Å². The zero-order valence-electron chi connectivity index (χ0n) is 14.9. The van der Waals surface area contributed by atoms with Gasteiger partial charge in [-0.15, -0.1) is 0 Å². The molecular formula is C18H32O4. The van der Waals surface area contributed by atoms with Gasteiger partial charge in [-0.05, 0) is 36.5 Å². The lowest BCUT2D eigenvalue weighted by Crippen LogP contribution is -2.14. The Labute approximate surface area is 135 Å². The minimum absolute atomic E-state index is 0.321. The van der Waals surface area contributed by atoms with Gasteiger partial charge in [0.2, 0.25) is 0 Å². The molecule has 4 nitrogen and oxygen atoms in total. The summed E-state index contributed by atoms with van der Waals surface area (Å²) < 4.78 is 10.2. The summed E-state index contributed by atoms with van der Waals surface area (Å²) >= 11 is 0. The van der Waals surface area contributed by atoms with E-state index >= 15 is 0 Å². The topological polar surface area (TPSA) is 52.6 Å². The Bertz CT molecular complexity index is 324. The van der Waals surface area contributed by atoms with Gasteiger partial charge < -0.3 is 9.47 Å². The molecule has 0 bridgehead atoms. The molecule has 0 N–H and O–H groups in total. The minimum atomic E-state index is -0.497. The van der Waals surface area contributed by atoms with Crippen LogP contribution in [0, 0.1) is 23.7 Å². The SMILES string of the molecule is CC(C)CC(C)COC(=O)/C=C\C(=O)OCC(C)CC(C)C. The van der Waals surface area contributed by atoms with E-state index in [4.69, 9.17) is 9.47 Å². The molecule has 0 radical (unpaired) electrons. The number of carbonyl (C=O) groups excluding carboxylic acids is 2. The summed E-state index contributed by atoms with van der Waals surface area (Å²) in [5.74, 6) is 0.798. The highest BCUT2D eigenvalue weighted by Gasteiger charge is 2.09. The minimum Gasteiger partial charge on any atom is -0.462 e. The number of ether oxygens (including phenoxy) is 2. The molecule has 0 heterocycles. The van der Waals surface area contributed by atoms with E-state index in [0.29, 0.717) is 36.9 Å². The Hall–Kier alpha value is -1.32. The molecule has 0 spiro atoms. The van der Waals surface area contributed by atoms with Crippen molar-refractivity contribution in [3.8, 4) is 0 Å². The van der Waals surface area contributed by atoms with Crippen LogP contribution in [-0.2, 0) is 19.1 Å². The second-order valence-corrected chi connectivity index (χ2v) is 7.06. The van der Waals surface area contributed by atoms with Crippen molar-refractivity contribution in [2.24, 2.45) is 23.7 Å². The van der Waals surface area contributed by atoms with Crippen LogP contribution in [0.4, 0.5) is 0 Å². The molecule has 0 saturated carbocycles. The Morgan fingerprint density at radius 2 is 1.05 bits per heavy atom. The average Bonchev–Trinajstić information content (AvgIpc) is 2.39. The summed E-state index contributed by atoms with van der Waals surface area (Å²) in [6.45, 7) is 13.4. The van der Waals surface area contributed by atoms with Crippen LogP contribution in [0.2, 0.25) is 0 Å². The largest absolute Gasteiger partial charge is 0.462 e. The Kier molecular flexibility index (Phi) is 10.6. The van der Waals surface area contributed by atoms with Crippen molar-refractivity contribution < 1.29 is 19.1 Å². The number of hydrogen-bond donors (Lipinski definition) is 0. The average molecular weight is 312 g/mol. The fourth-order valence-electron chi connectivity index (χ4n) is 2.43. The summed E-state index contributed by atoms with van der Waals surface area (Å²) in [7, 11) is 0. The number of esters is 2. The Morgan fingerprint density at radius 1 is 0.727 bits per heavy atom. The van der Waals surface area contributed by atoms with E-state index in [1.807, 2.05) is 13.8 Å². The highest BCUT2D eigenvalue weighted by Crippen LogP contribution is 2.12. The van der Waals surface area contributed by atoms with Gasteiger partial charge in [-0.25, -0.2) is 9.59 Å². The zero-order valence-corrected chi connectivity index (χ0v) is 14.9. The van der Waals surface area contributed by atoms with Crippen molar-refractivity contribution in [3.63, 3.8) is 0 Å². The molecule has 0 saturated heterocycles. The Morgan fingerprint density at radius 3 is 1.32 bits per heavy atom. The lowest BCUT2D eigenvalue weighted by Gasteiger charge is -2.13. The molecule has 2 atom stereocenters. The molecule has 0 rings (SSSR count). The van der Waals surface area contributed by atoms with Crippen molar-refractivity contribution in [2.75, 3.05) is 13.2 Å². The van der Waals surface area contributed by atoms with Crippen molar-refractivity contribution in [3.05, 3.63) is 12.2 Å². The maximum Gasteiger partial charge on any atom is 0.331 e. The molecule has 0 amide bonds. The van der Waals surface area contributed by atoms with Gasteiger partial charge in [0.15, 0.2) is 0 Å². The third-order valence-electron chi connectivity index (χ3n) is 3.12. The van der Waals surface area contributed by atoms with Gasteiger partial charge in [0.1, 0.15) is 0 Å². The van der Waals surface area contributed by atoms with Crippen LogP contribution >= 0.6 is 0 Å². The van der Waals surface area contributed by atoms with Crippen molar-refractivity contribution in [1.82, 2.24) is 0 Å². The highest BCUT2D eigenvalue weighted by atomic mass is 16.5. The number of hydrogen-bond acceptors (Lipinski definition) is 4. The molecular weight excluding hydrogens is 280 g/mol. The lowest BCUT2D eigenvalue weighted by molar-refractivity contribution is -0.141. The van der Waals surface area contributed by atoms with Gasteiger partial charge >= 0.3 is 11.9 Å². The molecule has 0 aromatic carbocycles. The first kappa shape index (κ1) is 20.7. The lowest BCUT2D eigenvalue weighted by atomic mass is 10.00. The summed E-state index contributed by atoms with van der Waals surface area (Å²) in [5.41, 5.74) is 0. The summed E-state index contributed by atoms with van der Waals surface area (Å²) in [6.07, 6.45) is 4.29. The van der Waals surface area contributed by atoms with Crippen molar-refractivity contribution in [2.45, 2.75) is 54.4 Å². The Balaban J connectivity index is 3.94. The van der Waals surface area contributed by atoms with Gasteiger partial charge in [-0.3, -0.25) is 0 Å². The van der Waals surface area contributed by atoms with Gasteiger partial charge in [-0.2, -0.15) is 0 Å². The van der Waals surface area contributed by atoms with Crippen molar-refractivity contribution >= 4 is 11.9 Å². The molecule has 0 aliphatic heterocycles. The maximum absolute atomic E-state index is 11.5. The van der Waals surface area contributed by atoms with Crippen LogP contribution in [0.25, 0.3) is 0 Å². The molecule has 0 aromatic rings. The predicted molar refractivity (Wildman–Crippen MR) is 88.3 cm³/mol. The van der Waals surface area contributed by atoms with Gasteiger partial charge in [0, 0.05) is 12.2 Å². The fourth-order valence-corrected chi connectivity index (χ4v) is 2.43. The predicted octanol–water partition coefficient (Wildman–Crippen LogP) is 3.99. The third-order valence-corrected chi connectivity index (χ3v) is 3.12. The summed E-state index contributed by atoms with van der Waals surface area (Å²) in [4.78, 5) is 23.0. The quantitative estimate of drug-likeness (QED) is 0.452. The molecule has 4 heteroatoms. The monoisotopic (exact) mass is 312 g/mol. The standard InChI is InChI=1S/C18H32O4/c1-13(2)9-15(5)11-21-17(19)7-8-18(20)22-12-16(6)10-14(3)4/h7-8,13-16H,9-12H2,1-6H3/b8-7-. The first-order valence-corrected chi connectivity index (χ1v) is 8.22. The van der Waals surface area contributed by atoms with E-state index in [-0.39, 0.29) is 0 Å². The van der Waals surface area contributed by atoms with Crippen molar-refractivity contribution in [1.29, 1.82) is 0 Å². The molecule has 0 aliphatic rings. The number of carbonyl (C=O) groups is 2. The second-order valence-electron chi connectivity index (χ2n) is 7.06. The number of rotatable bonds is 10. The van der Waals surface area contributed by atoms with E-state index in [2.05, 4.69) is 27.7 Å². The molecule has 0 aliphatic carbocycles. The van der Waals surface area contributed by atoms with E-state index in [1.165, 1.54) is 0 Å². The first-order chi connectivity index (χ1) is 10.2. The molecule has 0 aromatic heterocycles. The van der Waals surface area contributed by atoms with Crippen LogP contribution in [0.15, 0.2) is 12.2 Å². The second kappa shape index (κ2) is 11.3. The molecule has 2 unspecified atom stereocenters. The normalized spacial score (nSPS) is 14.4. The van der Waals surface area contributed by atoms with E-state index in [1.54, 1.807) is 0 Å². The fraction of sp³-hybridized carbons (Fsp3) is 0.778. The van der Waals surface area contributed by atoms with Crippen LogP contribution in [-0.4, -0.2) is 25.2 Å². The van der Waals surface area contributed by atoms with Crippen LogP contribution < -0.4 is 0 Å². The smallest absolute Gasteiger partial charge is 0.331 e. The van der Waals surface area contributed by atoms with E-state index in [0.717, 1.165) is 25.0 Å². The zero-order chi connectivity index (χ0) is 17.1. The van der Waals surface area contributed by atoms with Crippen LogP contribution in [0.1, 0.15) is 54.4 Å². The van der Waals surface area contributed by atoms with E-state index < -0.39 is 11.9 Å². The summed E-state index contributed by atoms with van der Waals surface area (Å²) in [6, 6.07) is 0. The third kappa shape index (κ3) is 12.4. The van der Waals surface area contributed by atoms with Gasteiger partial charge in [0.05, 0.1) is 13.2 Å². The van der Waals surface area contributed by atoms with Crippen LogP contribution in [0.3, 0.4) is 0 Å². The molecule has 0 fully saturated rings. The molecule has 128 valence electrons. The highest BCUT2D eigenvalue weighted by molar-refractivity contribution is 5.91. The van der Waals surface area contributed by atoms with Gasteiger partial charge in [-0.1, -0.05) is 41.5 Å². The first-order valence-electron chi connectivity index (χ1n) is 8.22. The molecule has 22 heavy (non-hydrogen) atoms. The van der Waals surface area contributed by atoms with E-state index in [9.17, 15) is 9.59 Å². The maximum atomic E-state index is 11.5. The summed E-state index contributed by atoms with van der Waals surface area (Å²) in [5, 5.41) is 0.